The first-order chi connectivity index (χ1) is 8.77. The van der Waals surface area contributed by atoms with E-state index in [0.717, 1.165) is 51.9 Å². The van der Waals surface area contributed by atoms with Gasteiger partial charge in [0, 0.05) is 19.6 Å². The molecular weight excluding hydrogens is 226 g/mol. The number of hydrogen-bond acceptors (Lipinski definition) is 3. The summed E-state index contributed by atoms with van der Waals surface area (Å²) in [6.45, 7) is 6.11. The molecule has 104 valence electrons. The van der Waals surface area contributed by atoms with Gasteiger partial charge in [-0.3, -0.25) is 10.2 Å². The largest absolute Gasteiger partial charge is 0.316 e. The van der Waals surface area contributed by atoms with Gasteiger partial charge in [-0.1, -0.05) is 19.8 Å². The highest BCUT2D eigenvalue weighted by molar-refractivity contribution is 5.82. The van der Waals surface area contributed by atoms with E-state index >= 15 is 0 Å². The Morgan fingerprint density at radius 3 is 2.67 bits per heavy atom. The molecular formula is C14H27N3O. The van der Waals surface area contributed by atoms with Crippen molar-refractivity contribution in [3.8, 4) is 0 Å². The standard InChI is InChI=1S/C14H27N3O/c1-2-7-14(8-6-9-15-12-14)13(18)16-17-10-4-3-5-11-17/h15H,2-12H2,1H3,(H,16,18). The van der Waals surface area contributed by atoms with Gasteiger partial charge in [-0.15, -0.1) is 0 Å². The molecule has 2 aliphatic rings. The Morgan fingerprint density at radius 1 is 1.28 bits per heavy atom. The zero-order valence-corrected chi connectivity index (χ0v) is 11.6. The van der Waals surface area contributed by atoms with Gasteiger partial charge in [-0.05, 0) is 38.6 Å². The molecule has 0 spiro atoms. The zero-order valence-electron chi connectivity index (χ0n) is 11.6. The summed E-state index contributed by atoms with van der Waals surface area (Å²) in [7, 11) is 0. The number of piperidine rings is 2. The third-order valence-electron chi connectivity index (χ3n) is 4.30. The fourth-order valence-electron chi connectivity index (χ4n) is 3.24. The van der Waals surface area contributed by atoms with Gasteiger partial charge in [0.1, 0.15) is 0 Å². The van der Waals surface area contributed by atoms with Crippen LogP contribution in [0.4, 0.5) is 0 Å². The summed E-state index contributed by atoms with van der Waals surface area (Å²) in [6.07, 6.45) is 7.95. The van der Waals surface area contributed by atoms with Crippen LogP contribution in [-0.4, -0.2) is 37.1 Å². The van der Waals surface area contributed by atoms with Crippen molar-refractivity contribution in [1.82, 2.24) is 15.8 Å². The lowest BCUT2D eigenvalue weighted by Gasteiger charge is -2.38. The molecule has 0 aliphatic carbocycles. The van der Waals surface area contributed by atoms with Crippen LogP contribution in [0.1, 0.15) is 51.9 Å². The molecule has 2 N–H and O–H groups in total. The molecule has 0 aromatic carbocycles. The zero-order chi connectivity index (χ0) is 12.8. The molecule has 18 heavy (non-hydrogen) atoms. The molecule has 2 aliphatic heterocycles. The molecule has 0 saturated carbocycles. The van der Waals surface area contributed by atoms with Crippen molar-refractivity contribution >= 4 is 5.91 Å². The first kappa shape index (κ1) is 13.8. The molecule has 1 amide bonds. The minimum atomic E-state index is -0.162. The monoisotopic (exact) mass is 253 g/mol. The molecule has 0 aromatic heterocycles. The Hall–Kier alpha value is -0.610. The van der Waals surface area contributed by atoms with Crippen LogP contribution in [0, 0.1) is 5.41 Å². The summed E-state index contributed by atoms with van der Waals surface area (Å²) < 4.78 is 0. The summed E-state index contributed by atoms with van der Waals surface area (Å²) in [6, 6.07) is 0. The third-order valence-corrected chi connectivity index (χ3v) is 4.30. The molecule has 0 aromatic rings. The van der Waals surface area contributed by atoms with Crippen molar-refractivity contribution in [3.63, 3.8) is 0 Å². The van der Waals surface area contributed by atoms with Gasteiger partial charge < -0.3 is 5.32 Å². The molecule has 2 rings (SSSR count). The molecule has 0 radical (unpaired) electrons. The van der Waals surface area contributed by atoms with Crippen LogP contribution in [0.25, 0.3) is 0 Å². The Labute approximate surface area is 110 Å². The van der Waals surface area contributed by atoms with Crippen molar-refractivity contribution in [2.24, 2.45) is 5.41 Å². The van der Waals surface area contributed by atoms with Crippen molar-refractivity contribution in [2.45, 2.75) is 51.9 Å². The van der Waals surface area contributed by atoms with E-state index in [1.807, 2.05) is 0 Å². The number of nitrogens with one attached hydrogen (secondary N) is 2. The van der Waals surface area contributed by atoms with Gasteiger partial charge in [0.15, 0.2) is 0 Å². The third kappa shape index (κ3) is 3.23. The summed E-state index contributed by atoms with van der Waals surface area (Å²) in [4.78, 5) is 12.6. The topological polar surface area (TPSA) is 44.4 Å². The van der Waals surface area contributed by atoms with E-state index < -0.39 is 0 Å². The maximum atomic E-state index is 12.6. The second kappa shape index (κ2) is 6.53. The lowest BCUT2D eigenvalue weighted by molar-refractivity contribution is -0.138. The van der Waals surface area contributed by atoms with Crippen molar-refractivity contribution in [1.29, 1.82) is 0 Å². The van der Waals surface area contributed by atoms with Crippen LogP contribution in [0.15, 0.2) is 0 Å². The van der Waals surface area contributed by atoms with Gasteiger partial charge in [0.25, 0.3) is 0 Å². The Balaban J connectivity index is 1.94. The maximum Gasteiger partial charge on any atom is 0.241 e. The number of rotatable bonds is 4. The molecule has 1 atom stereocenters. The van der Waals surface area contributed by atoms with E-state index in [9.17, 15) is 4.79 Å². The van der Waals surface area contributed by atoms with E-state index in [0.29, 0.717) is 0 Å². The Bertz CT molecular complexity index is 263. The van der Waals surface area contributed by atoms with Gasteiger partial charge in [-0.2, -0.15) is 0 Å². The number of nitrogens with zero attached hydrogens (tertiary/aromatic N) is 1. The molecule has 0 bridgehead atoms. The van der Waals surface area contributed by atoms with Gasteiger partial charge in [-0.25, -0.2) is 5.01 Å². The average molecular weight is 253 g/mol. The van der Waals surface area contributed by atoms with Gasteiger partial charge >= 0.3 is 0 Å². The minimum Gasteiger partial charge on any atom is -0.316 e. The summed E-state index contributed by atoms with van der Waals surface area (Å²) in [5.74, 6) is 0.249. The highest BCUT2D eigenvalue weighted by atomic mass is 16.2. The van der Waals surface area contributed by atoms with Crippen molar-refractivity contribution in [3.05, 3.63) is 0 Å². The predicted octanol–water partition coefficient (Wildman–Crippen LogP) is 1.67. The second-order valence-corrected chi connectivity index (χ2v) is 5.80. The molecule has 2 fully saturated rings. The molecule has 2 heterocycles. The average Bonchev–Trinajstić information content (AvgIpc) is 2.41. The molecule has 1 unspecified atom stereocenters. The lowest BCUT2D eigenvalue weighted by atomic mass is 9.76. The quantitative estimate of drug-likeness (QED) is 0.801. The van der Waals surface area contributed by atoms with Crippen LogP contribution >= 0.6 is 0 Å². The number of hydrogen-bond donors (Lipinski definition) is 2. The van der Waals surface area contributed by atoms with Crippen LogP contribution < -0.4 is 10.7 Å². The molecule has 4 nitrogen and oxygen atoms in total. The van der Waals surface area contributed by atoms with Gasteiger partial charge in [0.05, 0.1) is 5.41 Å². The number of amides is 1. The smallest absolute Gasteiger partial charge is 0.241 e. The van der Waals surface area contributed by atoms with Gasteiger partial charge in [0.2, 0.25) is 5.91 Å². The Kier molecular flexibility index (Phi) is 5.01. The summed E-state index contributed by atoms with van der Waals surface area (Å²) in [5, 5.41) is 5.52. The number of carbonyl (C=O) groups excluding carboxylic acids is 1. The number of hydrazine groups is 1. The highest BCUT2D eigenvalue weighted by Crippen LogP contribution is 2.32. The highest BCUT2D eigenvalue weighted by Gasteiger charge is 2.39. The van der Waals surface area contributed by atoms with E-state index in [4.69, 9.17) is 0 Å². The fraction of sp³-hybridized carbons (Fsp3) is 0.929. The maximum absolute atomic E-state index is 12.6. The van der Waals surface area contributed by atoms with E-state index in [2.05, 4.69) is 22.7 Å². The lowest BCUT2D eigenvalue weighted by Crippen LogP contribution is -2.55. The number of carbonyl (C=O) groups is 1. The molecule has 2 saturated heterocycles. The van der Waals surface area contributed by atoms with Crippen LogP contribution in [0.3, 0.4) is 0 Å². The summed E-state index contributed by atoms with van der Waals surface area (Å²) in [5.41, 5.74) is 3.01. The van der Waals surface area contributed by atoms with Crippen LogP contribution in [0.2, 0.25) is 0 Å². The van der Waals surface area contributed by atoms with E-state index in [1.54, 1.807) is 0 Å². The van der Waals surface area contributed by atoms with Crippen LogP contribution in [-0.2, 0) is 4.79 Å². The second-order valence-electron chi connectivity index (χ2n) is 5.80. The minimum absolute atomic E-state index is 0.162. The van der Waals surface area contributed by atoms with E-state index in [-0.39, 0.29) is 11.3 Å². The normalized spacial score (nSPS) is 30.1. The Morgan fingerprint density at radius 2 is 2.06 bits per heavy atom. The van der Waals surface area contributed by atoms with Crippen LogP contribution in [0.5, 0.6) is 0 Å². The van der Waals surface area contributed by atoms with Crippen molar-refractivity contribution in [2.75, 3.05) is 26.2 Å². The molecule has 4 heteroatoms. The summed E-state index contributed by atoms with van der Waals surface area (Å²) >= 11 is 0. The van der Waals surface area contributed by atoms with Crippen molar-refractivity contribution < 1.29 is 4.79 Å². The SMILES string of the molecule is CCCC1(C(=O)NN2CCCCC2)CCCNC1. The fourth-order valence-corrected chi connectivity index (χ4v) is 3.24. The first-order valence-corrected chi connectivity index (χ1v) is 7.54. The van der Waals surface area contributed by atoms with E-state index in [1.165, 1.54) is 19.3 Å². The first-order valence-electron chi connectivity index (χ1n) is 7.54. The predicted molar refractivity (Wildman–Crippen MR) is 73.0 cm³/mol.